The summed E-state index contributed by atoms with van der Waals surface area (Å²) in [5.41, 5.74) is -1.37. The topological polar surface area (TPSA) is 150 Å². The Kier molecular flexibility index (Phi) is 14.8. The molecular formula is C45H75NO10. The predicted octanol–water partition coefficient (Wildman–Crippen LogP) is 7.90. The molecule has 6 heterocycles. The van der Waals surface area contributed by atoms with Crippen LogP contribution in [0.4, 0.5) is 0 Å². The maximum Gasteiger partial charge on any atom is 0.199 e. The van der Waals surface area contributed by atoms with Crippen LogP contribution in [0.1, 0.15) is 152 Å². The van der Waals surface area contributed by atoms with Gasteiger partial charge in [-0.1, -0.05) is 61.5 Å². The first-order chi connectivity index (χ1) is 26.5. The summed E-state index contributed by atoms with van der Waals surface area (Å²) in [5, 5.41) is 29.9. The Labute approximate surface area is 336 Å². The van der Waals surface area contributed by atoms with E-state index in [2.05, 4.69) is 51.8 Å². The van der Waals surface area contributed by atoms with Gasteiger partial charge in [0.2, 0.25) is 0 Å². The largest absolute Gasteiger partial charge is 0.449 e. The average molecular weight is 790 g/mol. The highest BCUT2D eigenvalue weighted by molar-refractivity contribution is 5.84. The van der Waals surface area contributed by atoms with Crippen LogP contribution in [0.5, 0.6) is 0 Å². The number of aliphatic hydroxyl groups is 3. The van der Waals surface area contributed by atoms with Crippen molar-refractivity contribution in [2.24, 2.45) is 35.5 Å². The van der Waals surface area contributed by atoms with Crippen molar-refractivity contribution in [3.8, 4) is 0 Å². The molecular weight excluding hydrogens is 714 g/mol. The van der Waals surface area contributed by atoms with Crippen LogP contribution in [-0.2, 0) is 28.5 Å². The van der Waals surface area contributed by atoms with Crippen LogP contribution in [0.25, 0.3) is 0 Å². The Morgan fingerprint density at radius 2 is 1.68 bits per heavy atom. The molecule has 0 saturated carbocycles. The average Bonchev–Trinajstić information content (AvgIpc) is 3.84. The zero-order valence-electron chi connectivity index (χ0n) is 36.2. The minimum Gasteiger partial charge on any atom is -0.449 e. The van der Waals surface area contributed by atoms with Crippen molar-refractivity contribution in [2.75, 3.05) is 7.11 Å². The second kappa shape index (κ2) is 18.3. The van der Waals surface area contributed by atoms with E-state index in [4.69, 9.17) is 33.2 Å². The molecule has 11 heteroatoms. The zero-order chi connectivity index (χ0) is 41.2. The lowest BCUT2D eigenvalue weighted by Crippen LogP contribution is -2.60. The molecule has 56 heavy (non-hydrogen) atoms. The molecule has 2 spiro atoms. The highest BCUT2D eigenvalue weighted by Crippen LogP contribution is 2.54. The molecule has 11 nitrogen and oxygen atoms in total. The first-order valence-corrected chi connectivity index (χ1v) is 21.9. The van der Waals surface area contributed by atoms with E-state index in [0.29, 0.717) is 38.0 Å². The van der Waals surface area contributed by atoms with Gasteiger partial charge in [-0.15, -0.1) is 0 Å². The van der Waals surface area contributed by atoms with Crippen molar-refractivity contribution < 1.29 is 48.2 Å². The molecule has 0 amide bonds. The zero-order valence-corrected chi connectivity index (χ0v) is 36.2. The number of nitrogens with zero attached hydrogens (tertiary/aromatic N) is 1. The van der Waals surface area contributed by atoms with E-state index < -0.39 is 40.7 Å². The molecule has 0 aliphatic carbocycles. The molecule has 0 radical (unpaired) electrons. The normalized spacial score (nSPS) is 42.8. The minimum absolute atomic E-state index is 0.0273. The van der Waals surface area contributed by atoms with Gasteiger partial charge in [0.15, 0.2) is 17.5 Å². The van der Waals surface area contributed by atoms with E-state index in [9.17, 15) is 15.0 Å². The van der Waals surface area contributed by atoms with Crippen LogP contribution >= 0.6 is 0 Å². The summed E-state index contributed by atoms with van der Waals surface area (Å²) in [6, 6.07) is 0. The summed E-state index contributed by atoms with van der Waals surface area (Å²) < 4.78 is 40.0. The molecule has 4 saturated heterocycles. The van der Waals surface area contributed by atoms with Crippen molar-refractivity contribution >= 4 is 5.78 Å². The standard InChI is InChI=1S/C44H71NO9.CH4O/c1-11-32(40-45-23-24-49-40)34-16-15-26(4)38(51-34)30(8)36(46)29(7)37(47)33(12-2)39-27(5)25-28(6)44(52-39)19-14-18-43(54-44)22-21-41(10,53-43)35-17-20-42(48,13-3)31(9)50-35;1-2/h14,19,23-24,26-36,38-39,46,48H,11-13,15-18,20-22,25H2,1-10H3;2H,1H3/t26-,27-,28+,29-,30-,31-,32+,33-,34+,35+,36+,38+,39-,41-,42+,43+,44-;/m0./s1. The molecule has 6 rings (SSSR count). The molecule has 17 atom stereocenters. The number of hydrogen-bond acceptors (Lipinski definition) is 11. The molecule has 320 valence electrons. The number of aliphatic hydroxyl groups excluding tert-OH is 2. The summed E-state index contributed by atoms with van der Waals surface area (Å²) in [7, 11) is 1.00. The van der Waals surface area contributed by atoms with Crippen molar-refractivity contribution in [2.45, 2.75) is 205 Å². The molecule has 0 unspecified atom stereocenters. The summed E-state index contributed by atoms with van der Waals surface area (Å²) in [5.74, 6) is -1.99. The Morgan fingerprint density at radius 1 is 0.946 bits per heavy atom. The molecule has 0 bridgehead atoms. The van der Waals surface area contributed by atoms with Crippen LogP contribution in [-0.4, -0.2) is 92.6 Å². The number of hydrogen-bond donors (Lipinski definition) is 3. The van der Waals surface area contributed by atoms with Crippen molar-refractivity contribution in [3.05, 3.63) is 30.5 Å². The first-order valence-electron chi connectivity index (χ1n) is 21.9. The van der Waals surface area contributed by atoms with Gasteiger partial charge < -0.3 is 43.4 Å². The maximum atomic E-state index is 14.5. The summed E-state index contributed by atoms with van der Waals surface area (Å²) in [4.78, 5) is 19.0. The van der Waals surface area contributed by atoms with Crippen molar-refractivity contribution in [3.63, 3.8) is 0 Å². The number of ketones is 1. The van der Waals surface area contributed by atoms with Crippen molar-refractivity contribution in [1.82, 2.24) is 4.98 Å². The fraction of sp³-hybridized carbons (Fsp3) is 0.867. The van der Waals surface area contributed by atoms with E-state index >= 15 is 0 Å². The molecule has 1 aromatic rings. The number of rotatable bonds is 12. The van der Waals surface area contributed by atoms with Crippen molar-refractivity contribution in [1.29, 1.82) is 0 Å². The lowest BCUT2D eigenvalue weighted by molar-refractivity contribution is -0.393. The van der Waals surface area contributed by atoms with E-state index in [1.807, 2.05) is 34.6 Å². The van der Waals surface area contributed by atoms with Gasteiger partial charge >= 0.3 is 0 Å². The van der Waals surface area contributed by atoms with E-state index in [0.717, 1.165) is 45.6 Å². The molecule has 0 aromatic carbocycles. The SMILES string of the molecule is CC[C@@H](C(=O)[C@@H](C)[C@@H](O)[C@H](C)[C@@H]1O[C@@H]([C@@H](CC)c2ncco2)CC[C@@H]1C)[C@H]1O[C@]2(C=CC[C@]3(CC[C@@](C)([C@H]4CC[C@](O)(CC)[C@H](C)O4)O3)O2)[C@H](C)C[C@@H]1C.CO. The number of carbonyl (C=O) groups excluding carboxylic acids is 1. The highest BCUT2D eigenvalue weighted by Gasteiger charge is 2.60. The smallest absolute Gasteiger partial charge is 0.199 e. The van der Waals surface area contributed by atoms with Gasteiger partial charge in [-0.3, -0.25) is 4.79 Å². The van der Waals surface area contributed by atoms with Gasteiger partial charge in [0.1, 0.15) is 12.0 Å². The third kappa shape index (κ3) is 8.77. The minimum atomic E-state index is -1.04. The van der Waals surface area contributed by atoms with Gasteiger partial charge in [-0.05, 0) is 89.5 Å². The number of ether oxygens (including phenoxy) is 5. The van der Waals surface area contributed by atoms with Crippen LogP contribution in [0.15, 0.2) is 29.0 Å². The Bertz CT molecular complexity index is 1440. The van der Waals surface area contributed by atoms with Crippen LogP contribution in [0, 0.1) is 35.5 Å². The molecule has 1 aromatic heterocycles. The first kappa shape index (κ1) is 45.4. The molecule has 5 aliphatic rings. The van der Waals surface area contributed by atoms with Gasteiger partial charge in [-0.2, -0.15) is 0 Å². The highest BCUT2D eigenvalue weighted by atomic mass is 16.8. The van der Waals surface area contributed by atoms with Gasteiger partial charge in [0.25, 0.3) is 0 Å². The number of aromatic nitrogens is 1. The lowest BCUT2D eigenvalue weighted by Gasteiger charge is -2.53. The second-order valence-corrected chi connectivity index (χ2v) is 18.3. The predicted molar refractivity (Wildman–Crippen MR) is 214 cm³/mol. The quantitative estimate of drug-likeness (QED) is 0.178. The molecule has 5 aliphatic heterocycles. The fourth-order valence-corrected chi connectivity index (χ4v) is 10.9. The molecule has 4 fully saturated rings. The second-order valence-electron chi connectivity index (χ2n) is 18.3. The van der Waals surface area contributed by atoms with Crippen LogP contribution in [0.3, 0.4) is 0 Å². The third-order valence-corrected chi connectivity index (χ3v) is 14.8. The van der Waals surface area contributed by atoms with E-state index in [1.165, 1.54) is 0 Å². The Hall–Kier alpha value is -1.70. The fourth-order valence-electron chi connectivity index (χ4n) is 10.9. The van der Waals surface area contributed by atoms with Gasteiger partial charge in [-0.25, -0.2) is 4.98 Å². The third-order valence-electron chi connectivity index (χ3n) is 14.8. The van der Waals surface area contributed by atoms with E-state index in [1.54, 1.807) is 12.5 Å². The molecule has 3 N–H and O–H groups in total. The van der Waals surface area contributed by atoms with Gasteiger partial charge in [0.05, 0.1) is 59.9 Å². The number of oxazole rings is 1. The summed E-state index contributed by atoms with van der Waals surface area (Å²) in [6.45, 7) is 20.7. The summed E-state index contributed by atoms with van der Waals surface area (Å²) >= 11 is 0. The number of Topliss-reactive ketones (excluding diaryl/α,β-unsaturated/α-hetero) is 1. The monoisotopic (exact) mass is 790 g/mol. The Morgan fingerprint density at radius 3 is 2.30 bits per heavy atom. The maximum absolute atomic E-state index is 14.5. The lowest BCUT2D eigenvalue weighted by atomic mass is 9.72. The number of carbonyl (C=O) groups is 1. The van der Waals surface area contributed by atoms with Gasteiger partial charge in [0, 0.05) is 43.6 Å². The van der Waals surface area contributed by atoms with E-state index in [-0.39, 0.29) is 65.9 Å². The van der Waals surface area contributed by atoms with Crippen LogP contribution in [0.2, 0.25) is 0 Å². The van der Waals surface area contributed by atoms with Crippen LogP contribution < -0.4 is 0 Å². The Balaban J connectivity index is 0.00000295. The summed E-state index contributed by atoms with van der Waals surface area (Å²) in [6.07, 6.45) is 13.9.